The molecular formula is C19H18ClNO2. The van der Waals surface area contributed by atoms with Crippen LogP contribution < -0.4 is 4.90 Å². The van der Waals surface area contributed by atoms with Crippen molar-refractivity contribution >= 4 is 29.1 Å². The van der Waals surface area contributed by atoms with E-state index < -0.39 is 0 Å². The molecule has 1 saturated heterocycles. The molecular weight excluding hydrogens is 310 g/mol. The van der Waals surface area contributed by atoms with Gasteiger partial charge in [-0.1, -0.05) is 54.9 Å². The van der Waals surface area contributed by atoms with Crippen LogP contribution in [-0.4, -0.2) is 11.8 Å². The van der Waals surface area contributed by atoms with Gasteiger partial charge in [-0.2, -0.15) is 0 Å². The van der Waals surface area contributed by atoms with E-state index in [1.165, 1.54) is 4.90 Å². The van der Waals surface area contributed by atoms with Crippen LogP contribution in [0.1, 0.15) is 30.4 Å². The zero-order valence-corrected chi connectivity index (χ0v) is 13.9. The Bertz CT molecular complexity index is 757. The Hall–Kier alpha value is -2.13. The van der Waals surface area contributed by atoms with Crippen LogP contribution in [0.5, 0.6) is 0 Å². The molecule has 0 bridgehead atoms. The first-order chi connectivity index (χ1) is 11.0. The second-order valence-corrected chi connectivity index (χ2v) is 6.37. The Kier molecular flexibility index (Phi) is 4.22. The quantitative estimate of drug-likeness (QED) is 0.787. The van der Waals surface area contributed by atoms with E-state index in [0.29, 0.717) is 10.7 Å². The first-order valence-electron chi connectivity index (χ1n) is 7.67. The van der Waals surface area contributed by atoms with Crippen LogP contribution in [0.2, 0.25) is 5.02 Å². The number of anilines is 1. The van der Waals surface area contributed by atoms with Gasteiger partial charge in [0, 0.05) is 11.4 Å². The van der Waals surface area contributed by atoms with E-state index in [0.717, 1.165) is 11.1 Å². The van der Waals surface area contributed by atoms with Gasteiger partial charge in [0.25, 0.3) is 0 Å². The maximum absolute atomic E-state index is 12.9. The molecule has 2 aromatic rings. The third kappa shape index (κ3) is 2.77. The number of hydrogen-bond donors (Lipinski definition) is 0. The Morgan fingerprint density at radius 2 is 1.78 bits per heavy atom. The van der Waals surface area contributed by atoms with E-state index in [2.05, 4.69) is 0 Å². The van der Waals surface area contributed by atoms with Gasteiger partial charge in [0.05, 0.1) is 11.6 Å². The zero-order chi connectivity index (χ0) is 16.6. The molecule has 0 aliphatic carbocycles. The van der Waals surface area contributed by atoms with E-state index in [9.17, 15) is 9.59 Å². The fraction of sp³-hybridized carbons (Fsp3) is 0.263. The molecule has 2 aromatic carbocycles. The molecule has 2 amide bonds. The van der Waals surface area contributed by atoms with Crippen molar-refractivity contribution in [2.75, 3.05) is 4.90 Å². The number of benzene rings is 2. The number of imide groups is 1. The largest absolute Gasteiger partial charge is 0.274 e. The minimum Gasteiger partial charge on any atom is -0.274 e. The summed E-state index contributed by atoms with van der Waals surface area (Å²) >= 11 is 6.13. The Balaban J connectivity index is 1.93. The lowest BCUT2D eigenvalue weighted by atomic mass is 9.86. The van der Waals surface area contributed by atoms with Gasteiger partial charge in [-0.15, -0.1) is 0 Å². The lowest BCUT2D eigenvalue weighted by molar-refractivity contribution is -0.122. The van der Waals surface area contributed by atoms with Crippen LogP contribution in [-0.2, 0) is 9.59 Å². The van der Waals surface area contributed by atoms with E-state index in [4.69, 9.17) is 11.6 Å². The summed E-state index contributed by atoms with van der Waals surface area (Å²) in [5.41, 5.74) is 2.42. The smallest absolute Gasteiger partial charge is 0.238 e. The van der Waals surface area contributed by atoms with Crippen molar-refractivity contribution in [3.8, 4) is 0 Å². The fourth-order valence-corrected chi connectivity index (χ4v) is 3.30. The van der Waals surface area contributed by atoms with Crippen molar-refractivity contribution < 1.29 is 9.59 Å². The van der Waals surface area contributed by atoms with Gasteiger partial charge >= 0.3 is 0 Å². The summed E-state index contributed by atoms with van der Waals surface area (Å²) in [6.45, 7) is 3.83. The van der Waals surface area contributed by atoms with Crippen LogP contribution in [0.25, 0.3) is 0 Å². The Morgan fingerprint density at radius 3 is 2.48 bits per heavy atom. The average molecular weight is 328 g/mol. The Morgan fingerprint density at radius 1 is 1.09 bits per heavy atom. The topological polar surface area (TPSA) is 37.4 Å². The predicted octanol–water partition coefficient (Wildman–Crippen LogP) is 4.33. The lowest BCUT2D eigenvalue weighted by Gasteiger charge is -2.20. The maximum Gasteiger partial charge on any atom is 0.238 e. The number of amides is 2. The van der Waals surface area contributed by atoms with Gasteiger partial charge in [-0.05, 0) is 36.1 Å². The minimum absolute atomic E-state index is 0.00265. The highest BCUT2D eigenvalue weighted by atomic mass is 35.5. The summed E-state index contributed by atoms with van der Waals surface area (Å²) in [6.07, 6.45) is 0.237. The van der Waals surface area contributed by atoms with Gasteiger partial charge in [-0.3, -0.25) is 9.59 Å². The molecule has 4 heteroatoms. The molecule has 0 spiro atoms. The molecule has 0 radical (unpaired) electrons. The average Bonchev–Trinajstić information content (AvgIpc) is 2.85. The summed E-state index contributed by atoms with van der Waals surface area (Å²) in [5.74, 6) is -0.634. The van der Waals surface area contributed by atoms with Gasteiger partial charge in [0.2, 0.25) is 11.8 Å². The van der Waals surface area contributed by atoms with Crippen molar-refractivity contribution in [1.29, 1.82) is 0 Å². The SMILES string of the molecule is Cc1c(Cl)cccc1N1C(=O)C[C@H]([C@H](C)c2ccccc2)C1=O. The summed E-state index contributed by atoms with van der Waals surface area (Å²) in [4.78, 5) is 26.6. The van der Waals surface area contributed by atoms with Crippen molar-refractivity contribution in [2.24, 2.45) is 5.92 Å². The van der Waals surface area contributed by atoms with Crippen molar-refractivity contribution in [1.82, 2.24) is 0 Å². The Labute approximate surface area is 140 Å². The monoisotopic (exact) mass is 327 g/mol. The summed E-state index contributed by atoms with van der Waals surface area (Å²) in [7, 11) is 0. The van der Waals surface area contributed by atoms with E-state index in [1.54, 1.807) is 18.2 Å². The molecule has 118 valence electrons. The van der Waals surface area contributed by atoms with Crippen LogP contribution in [0, 0.1) is 12.8 Å². The van der Waals surface area contributed by atoms with E-state index in [1.807, 2.05) is 44.2 Å². The molecule has 3 nitrogen and oxygen atoms in total. The first-order valence-corrected chi connectivity index (χ1v) is 8.05. The summed E-state index contributed by atoms with van der Waals surface area (Å²) in [6, 6.07) is 15.1. The van der Waals surface area contributed by atoms with E-state index >= 15 is 0 Å². The molecule has 0 N–H and O–H groups in total. The number of hydrogen-bond acceptors (Lipinski definition) is 2. The highest BCUT2D eigenvalue weighted by Gasteiger charge is 2.43. The normalized spacial score (nSPS) is 19.3. The lowest BCUT2D eigenvalue weighted by Crippen LogP contribution is -2.32. The minimum atomic E-state index is -0.330. The van der Waals surface area contributed by atoms with Crippen LogP contribution in [0.4, 0.5) is 5.69 Å². The van der Waals surface area contributed by atoms with Crippen LogP contribution in [0.3, 0.4) is 0 Å². The van der Waals surface area contributed by atoms with Crippen LogP contribution in [0.15, 0.2) is 48.5 Å². The van der Waals surface area contributed by atoms with Crippen molar-refractivity contribution in [2.45, 2.75) is 26.2 Å². The number of carbonyl (C=O) groups excluding carboxylic acids is 2. The summed E-state index contributed by atoms with van der Waals surface area (Å²) < 4.78 is 0. The maximum atomic E-state index is 12.9. The molecule has 0 saturated carbocycles. The van der Waals surface area contributed by atoms with Crippen molar-refractivity contribution in [3.05, 3.63) is 64.7 Å². The zero-order valence-electron chi connectivity index (χ0n) is 13.1. The standard InChI is InChI=1S/C19H18ClNO2/c1-12(14-7-4-3-5-8-14)15-11-18(22)21(19(15)23)17-10-6-9-16(20)13(17)2/h3-10,12,15H,11H2,1-2H3/t12-,15-/m1/s1. The first kappa shape index (κ1) is 15.8. The molecule has 1 aliphatic rings. The number of nitrogens with zero attached hydrogens (tertiary/aromatic N) is 1. The van der Waals surface area contributed by atoms with Crippen molar-refractivity contribution in [3.63, 3.8) is 0 Å². The predicted molar refractivity (Wildman–Crippen MR) is 91.6 cm³/mol. The molecule has 1 heterocycles. The van der Waals surface area contributed by atoms with E-state index in [-0.39, 0.29) is 30.1 Å². The van der Waals surface area contributed by atoms with Crippen LogP contribution >= 0.6 is 11.6 Å². The molecule has 3 rings (SSSR count). The molecule has 0 aromatic heterocycles. The molecule has 1 fully saturated rings. The summed E-state index contributed by atoms with van der Waals surface area (Å²) in [5, 5.41) is 0.558. The third-order valence-electron chi connectivity index (χ3n) is 4.59. The van der Waals surface area contributed by atoms with Gasteiger partial charge in [0.15, 0.2) is 0 Å². The second-order valence-electron chi connectivity index (χ2n) is 5.96. The third-order valence-corrected chi connectivity index (χ3v) is 5.00. The van der Waals surface area contributed by atoms with Gasteiger partial charge in [-0.25, -0.2) is 4.90 Å². The van der Waals surface area contributed by atoms with Gasteiger partial charge < -0.3 is 0 Å². The molecule has 2 atom stereocenters. The molecule has 0 unspecified atom stereocenters. The fourth-order valence-electron chi connectivity index (χ4n) is 3.13. The number of carbonyl (C=O) groups is 2. The molecule has 23 heavy (non-hydrogen) atoms. The highest BCUT2D eigenvalue weighted by molar-refractivity contribution is 6.32. The highest BCUT2D eigenvalue weighted by Crippen LogP contribution is 2.37. The second kappa shape index (κ2) is 6.17. The number of rotatable bonds is 3. The molecule has 1 aliphatic heterocycles. The van der Waals surface area contributed by atoms with Gasteiger partial charge in [0.1, 0.15) is 0 Å². The number of halogens is 1.